The summed E-state index contributed by atoms with van der Waals surface area (Å²) in [4.78, 5) is 0. The van der Waals surface area contributed by atoms with Crippen LogP contribution in [0.5, 0.6) is 0 Å². The summed E-state index contributed by atoms with van der Waals surface area (Å²) in [5.74, 6) is 10.7. The number of hydrogen-bond donors (Lipinski definition) is 4. The smallest absolute Gasteiger partial charge is 0.261 e. The number of aliphatic hydroxyl groups excluding tert-OH is 2. The Morgan fingerprint density at radius 2 is 1.04 bits per heavy atom. The van der Waals surface area contributed by atoms with Crippen LogP contribution in [0.1, 0.15) is 11.1 Å². The van der Waals surface area contributed by atoms with Crippen LogP contribution in [0.15, 0.2) is 24.3 Å². The summed E-state index contributed by atoms with van der Waals surface area (Å²) < 4.78 is 51.7. The Labute approximate surface area is 141 Å². The van der Waals surface area contributed by atoms with E-state index in [0.29, 0.717) is 12.5 Å². The van der Waals surface area contributed by atoms with E-state index in [4.69, 9.17) is 19.3 Å². The largest absolute Gasteiger partial charge is 0.384 e. The lowest BCUT2D eigenvalue weighted by Gasteiger charge is -1.94. The minimum Gasteiger partial charge on any atom is -0.384 e. The van der Waals surface area contributed by atoms with Gasteiger partial charge in [0.05, 0.1) is 12.5 Å². The highest BCUT2D eigenvalue weighted by molar-refractivity contribution is 7.85. The fourth-order valence-electron chi connectivity index (χ4n) is 0.971. The summed E-state index contributed by atoms with van der Waals surface area (Å²) in [5.41, 5.74) is 1.53. The molecule has 0 aliphatic carbocycles. The molecule has 4 N–H and O–H groups in total. The molecule has 24 heavy (non-hydrogen) atoms. The zero-order valence-corrected chi connectivity index (χ0v) is 14.6. The van der Waals surface area contributed by atoms with Gasteiger partial charge in [-0.15, -0.1) is 0 Å². The van der Waals surface area contributed by atoms with Crippen LogP contribution in [0.4, 0.5) is 0 Å². The third-order valence-corrected chi connectivity index (χ3v) is 1.53. The lowest BCUT2D eigenvalue weighted by atomic mass is 10.1. The Morgan fingerprint density at radius 3 is 1.25 bits per heavy atom. The molecule has 1 rings (SSSR count). The molecule has 0 aromatic heterocycles. The molecule has 0 saturated heterocycles. The highest BCUT2D eigenvalue weighted by atomic mass is 32.2. The maximum Gasteiger partial charge on any atom is 0.261 e. The predicted molar refractivity (Wildman–Crippen MR) is 89.3 cm³/mol. The molecule has 8 nitrogen and oxygen atoms in total. The number of rotatable bonds is 0. The minimum absolute atomic E-state index is 0.165. The van der Waals surface area contributed by atoms with Crippen LogP contribution in [0.3, 0.4) is 0 Å². The molecular weight excluding hydrogens is 360 g/mol. The SMILES string of the molecule is CS(=O)(=O)O.CS(=O)(=O)O.OCC#Cc1ccccc1C#CCO. The van der Waals surface area contributed by atoms with Gasteiger partial charge >= 0.3 is 0 Å². The van der Waals surface area contributed by atoms with Crippen LogP contribution in [-0.2, 0) is 20.2 Å². The molecular formula is C14H18O8S2. The van der Waals surface area contributed by atoms with Gasteiger partial charge < -0.3 is 10.2 Å². The van der Waals surface area contributed by atoms with Gasteiger partial charge in [-0.3, -0.25) is 9.11 Å². The first kappa shape index (κ1) is 24.3. The van der Waals surface area contributed by atoms with Crippen molar-refractivity contribution >= 4 is 20.2 Å². The number of benzene rings is 1. The summed E-state index contributed by atoms with van der Waals surface area (Å²) in [5, 5.41) is 17.1. The molecule has 1 aromatic rings. The van der Waals surface area contributed by atoms with E-state index in [9.17, 15) is 16.8 Å². The van der Waals surface area contributed by atoms with Gasteiger partial charge in [0.25, 0.3) is 20.2 Å². The molecule has 0 heterocycles. The van der Waals surface area contributed by atoms with Gasteiger partial charge in [-0.2, -0.15) is 16.8 Å². The summed E-state index contributed by atoms with van der Waals surface area (Å²) in [6.07, 6.45) is 1.43. The van der Waals surface area contributed by atoms with Crippen molar-refractivity contribution in [1.82, 2.24) is 0 Å². The molecule has 0 radical (unpaired) electrons. The summed E-state index contributed by atoms with van der Waals surface area (Å²) in [7, 11) is -7.33. The Morgan fingerprint density at radius 1 is 0.792 bits per heavy atom. The Bertz CT molecular complexity index is 732. The summed E-state index contributed by atoms with van der Waals surface area (Å²) in [6.45, 7) is -0.330. The van der Waals surface area contributed by atoms with E-state index in [1.807, 2.05) is 24.3 Å². The van der Waals surface area contributed by atoms with Crippen molar-refractivity contribution in [3.05, 3.63) is 35.4 Å². The lowest BCUT2D eigenvalue weighted by molar-refractivity contribution is 0.350. The second-order valence-corrected chi connectivity index (χ2v) is 6.86. The van der Waals surface area contributed by atoms with E-state index in [1.54, 1.807) is 0 Å². The van der Waals surface area contributed by atoms with Gasteiger partial charge in [0.15, 0.2) is 0 Å². The maximum absolute atomic E-state index is 9.19. The van der Waals surface area contributed by atoms with Crippen molar-refractivity contribution in [2.45, 2.75) is 0 Å². The lowest BCUT2D eigenvalue weighted by Crippen LogP contribution is -1.88. The number of aliphatic hydroxyl groups is 2. The summed E-state index contributed by atoms with van der Waals surface area (Å²) in [6, 6.07) is 7.35. The van der Waals surface area contributed by atoms with E-state index < -0.39 is 20.2 Å². The van der Waals surface area contributed by atoms with Crippen molar-refractivity contribution in [2.24, 2.45) is 0 Å². The molecule has 0 fully saturated rings. The molecule has 0 unspecified atom stereocenters. The van der Waals surface area contributed by atoms with Crippen LogP contribution >= 0.6 is 0 Å². The molecule has 0 saturated carbocycles. The first-order valence-electron chi connectivity index (χ1n) is 6.02. The topological polar surface area (TPSA) is 149 Å². The predicted octanol–water partition coefficient (Wildman–Crippen LogP) is -0.618. The molecule has 0 amide bonds. The average molecular weight is 378 g/mol. The average Bonchev–Trinajstić information content (AvgIpc) is 2.40. The molecule has 0 aliphatic heterocycles. The molecule has 1 aromatic carbocycles. The van der Waals surface area contributed by atoms with Crippen LogP contribution in [0.25, 0.3) is 0 Å². The van der Waals surface area contributed by atoms with Crippen molar-refractivity contribution in [3.63, 3.8) is 0 Å². The van der Waals surface area contributed by atoms with Gasteiger partial charge in [0.1, 0.15) is 13.2 Å². The van der Waals surface area contributed by atoms with Crippen molar-refractivity contribution in [2.75, 3.05) is 25.7 Å². The second kappa shape index (κ2) is 12.5. The van der Waals surface area contributed by atoms with Crippen molar-refractivity contribution in [3.8, 4) is 23.7 Å². The van der Waals surface area contributed by atoms with Gasteiger partial charge in [0, 0.05) is 11.1 Å². The standard InChI is InChI=1S/C12H10O2.2CH4O3S/c13-9-3-7-11-5-1-2-6-12(11)8-4-10-14;2*1-5(2,3)4/h1-2,5-6,13-14H,9-10H2;2*1H3,(H,2,3,4). The molecule has 0 spiro atoms. The quantitative estimate of drug-likeness (QED) is 0.345. The first-order chi connectivity index (χ1) is 10.9. The third kappa shape index (κ3) is 25.1. The van der Waals surface area contributed by atoms with Crippen LogP contribution < -0.4 is 0 Å². The highest BCUT2D eigenvalue weighted by Gasteiger charge is 1.93. The zero-order valence-electron chi connectivity index (χ0n) is 13.0. The van der Waals surface area contributed by atoms with Gasteiger partial charge in [0.2, 0.25) is 0 Å². The Hall–Kier alpha value is -1.92. The van der Waals surface area contributed by atoms with Crippen molar-refractivity contribution in [1.29, 1.82) is 0 Å². The maximum atomic E-state index is 9.19. The normalized spacial score (nSPS) is 9.58. The van der Waals surface area contributed by atoms with Gasteiger partial charge in [-0.25, -0.2) is 0 Å². The molecule has 10 heteroatoms. The van der Waals surface area contributed by atoms with E-state index in [2.05, 4.69) is 23.7 Å². The third-order valence-electron chi connectivity index (χ3n) is 1.53. The molecule has 0 aliphatic rings. The van der Waals surface area contributed by atoms with E-state index >= 15 is 0 Å². The van der Waals surface area contributed by atoms with Crippen LogP contribution in [0.2, 0.25) is 0 Å². The molecule has 0 bridgehead atoms. The highest BCUT2D eigenvalue weighted by Crippen LogP contribution is 2.04. The monoisotopic (exact) mass is 378 g/mol. The van der Waals surface area contributed by atoms with Crippen LogP contribution in [-0.4, -0.2) is 61.9 Å². The fraction of sp³-hybridized carbons (Fsp3) is 0.286. The van der Waals surface area contributed by atoms with E-state index in [0.717, 1.165) is 11.1 Å². The van der Waals surface area contributed by atoms with E-state index in [1.165, 1.54) is 0 Å². The number of hydrogen-bond acceptors (Lipinski definition) is 6. The Kier molecular flexibility index (Phi) is 12.7. The van der Waals surface area contributed by atoms with Gasteiger partial charge in [-0.1, -0.05) is 35.8 Å². The van der Waals surface area contributed by atoms with Crippen LogP contribution in [0, 0.1) is 23.7 Å². The minimum atomic E-state index is -3.67. The molecule has 0 atom stereocenters. The fourth-order valence-corrected chi connectivity index (χ4v) is 0.971. The second-order valence-electron chi connectivity index (χ2n) is 3.93. The van der Waals surface area contributed by atoms with Gasteiger partial charge in [-0.05, 0) is 12.1 Å². The Balaban J connectivity index is 0. The first-order valence-corrected chi connectivity index (χ1v) is 9.71. The van der Waals surface area contributed by atoms with E-state index in [-0.39, 0.29) is 13.2 Å². The van der Waals surface area contributed by atoms with Crippen molar-refractivity contribution < 1.29 is 36.2 Å². The zero-order chi connectivity index (χ0) is 19.2. The summed E-state index contributed by atoms with van der Waals surface area (Å²) >= 11 is 0. The molecule has 134 valence electrons.